The zero-order chi connectivity index (χ0) is 26.8. The number of benzene rings is 3. The van der Waals surface area contributed by atoms with Crippen molar-refractivity contribution in [2.24, 2.45) is 5.10 Å². The number of rotatable bonds is 9. The fraction of sp³-hybridized carbons (Fsp3) is 0.185. The Bertz CT molecular complexity index is 1280. The molecule has 3 amide bonds. The third kappa shape index (κ3) is 8.93. The molecule has 0 atom stereocenters. The maximum Gasteiger partial charge on any atom is 0.329 e. The zero-order valence-electron chi connectivity index (χ0n) is 20.3. The molecule has 0 aromatic heterocycles. The van der Waals surface area contributed by atoms with E-state index in [0.717, 1.165) is 5.56 Å². The molecule has 0 saturated carbocycles. The summed E-state index contributed by atoms with van der Waals surface area (Å²) in [4.78, 5) is 36.0. The monoisotopic (exact) mass is 540 g/mol. The average Bonchev–Trinajstić information content (AvgIpc) is 2.89. The molecule has 3 aromatic rings. The van der Waals surface area contributed by atoms with E-state index in [1.807, 2.05) is 24.3 Å². The van der Waals surface area contributed by atoms with E-state index in [4.69, 9.17) is 27.9 Å². The largest absolute Gasteiger partial charge is 0.484 e. The van der Waals surface area contributed by atoms with Crippen LogP contribution in [0.2, 0.25) is 10.0 Å². The summed E-state index contributed by atoms with van der Waals surface area (Å²) in [5.74, 6) is -1.14. The Balaban J connectivity index is 1.39. The Kier molecular flexibility index (Phi) is 10.1. The number of hydrogen-bond acceptors (Lipinski definition) is 5. The van der Waals surface area contributed by atoms with Crippen molar-refractivity contribution in [3.63, 3.8) is 0 Å². The first-order chi connectivity index (χ1) is 17.7. The molecule has 3 N–H and O–H groups in total. The molecule has 3 aromatic carbocycles. The highest BCUT2D eigenvalue weighted by atomic mass is 35.5. The van der Waals surface area contributed by atoms with Gasteiger partial charge in [-0.15, -0.1) is 0 Å². The molecule has 0 aliphatic heterocycles. The number of amides is 3. The molecule has 0 aliphatic carbocycles. The second kappa shape index (κ2) is 13.4. The lowest BCUT2D eigenvalue weighted by Crippen LogP contribution is -2.37. The number of halogens is 2. The van der Waals surface area contributed by atoms with Crippen molar-refractivity contribution in [2.75, 3.05) is 11.9 Å². The Morgan fingerprint density at radius 3 is 2.27 bits per heavy atom. The predicted molar refractivity (Wildman–Crippen MR) is 145 cm³/mol. The number of carbonyl (C=O) groups is 3. The smallest absolute Gasteiger partial charge is 0.329 e. The molecule has 0 fully saturated rings. The van der Waals surface area contributed by atoms with Crippen LogP contribution >= 0.6 is 23.2 Å². The van der Waals surface area contributed by atoms with Crippen LogP contribution in [0, 0.1) is 0 Å². The first kappa shape index (κ1) is 27.7. The Morgan fingerprint density at radius 2 is 1.62 bits per heavy atom. The Hall–Kier alpha value is -3.88. The molecular formula is C27H26Cl2N4O4. The highest BCUT2D eigenvalue weighted by molar-refractivity contribution is 6.42. The number of carbonyl (C=O) groups excluding carboxylic acids is 3. The molecular weight excluding hydrogens is 515 g/mol. The van der Waals surface area contributed by atoms with Gasteiger partial charge in [-0.2, -0.15) is 5.10 Å². The minimum Gasteiger partial charge on any atom is -0.484 e. The van der Waals surface area contributed by atoms with Crippen LogP contribution in [0.1, 0.15) is 36.5 Å². The van der Waals surface area contributed by atoms with Crippen molar-refractivity contribution in [1.82, 2.24) is 10.7 Å². The second-order valence-corrected chi connectivity index (χ2v) is 9.13. The summed E-state index contributed by atoms with van der Waals surface area (Å²) in [5.41, 5.74) is 5.44. The molecule has 3 rings (SSSR count). The van der Waals surface area contributed by atoms with Gasteiger partial charge in [0.05, 0.1) is 16.3 Å². The Morgan fingerprint density at radius 1 is 0.919 bits per heavy atom. The molecule has 0 heterocycles. The van der Waals surface area contributed by atoms with Gasteiger partial charge in [0.1, 0.15) is 5.75 Å². The lowest BCUT2D eigenvalue weighted by molar-refractivity contribution is -0.139. The third-order valence-electron chi connectivity index (χ3n) is 5.14. The SMILES string of the molecule is CC(C)c1ccc(CNC(=O)C(=O)N/N=C\c2ccc(OCC(=O)Nc3ccc(Cl)c(Cl)c3)cc2)cc1. The van der Waals surface area contributed by atoms with Crippen molar-refractivity contribution >= 4 is 52.8 Å². The fourth-order valence-electron chi connectivity index (χ4n) is 3.07. The minimum absolute atomic E-state index is 0.208. The molecule has 10 heteroatoms. The third-order valence-corrected chi connectivity index (χ3v) is 5.88. The number of ether oxygens (including phenoxy) is 1. The lowest BCUT2D eigenvalue weighted by atomic mass is 10.0. The van der Waals surface area contributed by atoms with E-state index in [-0.39, 0.29) is 19.1 Å². The van der Waals surface area contributed by atoms with E-state index in [9.17, 15) is 14.4 Å². The standard InChI is InChI=1S/C27H26Cl2N4O4/c1-17(2)20-7-3-18(4-8-20)14-30-26(35)27(36)33-31-15-19-5-10-22(11-6-19)37-16-25(34)32-21-9-12-23(28)24(29)13-21/h3-13,15,17H,14,16H2,1-2H3,(H,30,35)(H,32,34)(H,33,36)/b31-15-. The van der Waals surface area contributed by atoms with E-state index in [2.05, 4.69) is 35.0 Å². The summed E-state index contributed by atoms with van der Waals surface area (Å²) in [6.07, 6.45) is 1.39. The van der Waals surface area contributed by atoms with Crippen LogP contribution in [0.4, 0.5) is 5.69 Å². The maximum absolute atomic E-state index is 12.1. The van der Waals surface area contributed by atoms with Gasteiger partial charge < -0.3 is 15.4 Å². The lowest BCUT2D eigenvalue weighted by Gasteiger charge is -2.08. The van der Waals surface area contributed by atoms with Crippen molar-refractivity contribution < 1.29 is 19.1 Å². The van der Waals surface area contributed by atoms with Gasteiger partial charge in [-0.3, -0.25) is 14.4 Å². The summed E-state index contributed by atoms with van der Waals surface area (Å²) in [7, 11) is 0. The van der Waals surface area contributed by atoms with Gasteiger partial charge in [-0.1, -0.05) is 61.3 Å². The summed E-state index contributed by atoms with van der Waals surface area (Å²) in [6, 6.07) is 19.3. The number of hydrazone groups is 1. The predicted octanol–water partition coefficient (Wildman–Crippen LogP) is 4.90. The highest BCUT2D eigenvalue weighted by Gasteiger charge is 2.12. The highest BCUT2D eigenvalue weighted by Crippen LogP contribution is 2.25. The number of nitrogens with zero attached hydrogens (tertiary/aromatic N) is 1. The van der Waals surface area contributed by atoms with Gasteiger partial charge in [0.15, 0.2) is 6.61 Å². The van der Waals surface area contributed by atoms with E-state index in [0.29, 0.717) is 33.0 Å². The van der Waals surface area contributed by atoms with Crippen molar-refractivity contribution in [2.45, 2.75) is 26.3 Å². The molecule has 0 radical (unpaired) electrons. The first-order valence-electron chi connectivity index (χ1n) is 11.4. The molecule has 0 saturated heterocycles. The van der Waals surface area contributed by atoms with Gasteiger partial charge in [0.2, 0.25) is 0 Å². The van der Waals surface area contributed by atoms with Crippen molar-refractivity contribution in [1.29, 1.82) is 0 Å². The molecule has 0 bridgehead atoms. The maximum atomic E-state index is 12.1. The molecule has 37 heavy (non-hydrogen) atoms. The topological polar surface area (TPSA) is 109 Å². The second-order valence-electron chi connectivity index (χ2n) is 8.31. The van der Waals surface area contributed by atoms with Crippen LogP contribution < -0.4 is 20.8 Å². The van der Waals surface area contributed by atoms with E-state index >= 15 is 0 Å². The van der Waals surface area contributed by atoms with Gasteiger partial charge in [0.25, 0.3) is 5.91 Å². The van der Waals surface area contributed by atoms with Gasteiger partial charge in [0, 0.05) is 12.2 Å². The van der Waals surface area contributed by atoms with Crippen LogP contribution in [-0.2, 0) is 20.9 Å². The summed E-state index contributed by atoms with van der Waals surface area (Å²) in [6.45, 7) is 4.24. The van der Waals surface area contributed by atoms with Crippen LogP contribution in [0.25, 0.3) is 0 Å². The van der Waals surface area contributed by atoms with E-state index in [1.165, 1.54) is 11.8 Å². The molecule has 0 aliphatic rings. The quantitative estimate of drug-likeness (QED) is 0.203. The van der Waals surface area contributed by atoms with Gasteiger partial charge >= 0.3 is 11.8 Å². The molecule has 0 unspecified atom stereocenters. The van der Waals surface area contributed by atoms with E-state index < -0.39 is 11.8 Å². The average molecular weight is 541 g/mol. The zero-order valence-corrected chi connectivity index (χ0v) is 21.8. The van der Waals surface area contributed by atoms with Crippen LogP contribution in [-0.4, -0.2) is 30.5 Å². The van der Waals surface area contributed by atoms with Gasteiger partial charge in [-0.05, 0) is 65.1 Å². The molecule has 192 valence electrons. The number of hydrogen-bond donors (Lipinski definition) is 3. The van der Waals surface area contributed by atoms with E-state index in [1.54, 1.807) is 42.5 Å². The fourth-order valence-corrected chi connectivity index (χ4v) is 3.37. The van der Waals surface area contributed by atoms with Crippen LogP contribution in [0.5, 0.6) is 5.75 Å². The van der Waals surface area contributed by atoms with Crippen LogP contribution in [0.3, 0.4) is 0 Å². The number of nitrogens with one attached hydrogen (secondary N) is 3. The molecule has 0 spiro atoms. The summed E-state index contributed by atoms with van der Waals surface area (Å²) in [5, 5.41) is 9.75. The van der Waals surface area contributed by atoms with Crippen molar-refractivity contribution in [3.8, 4) is 5.75 Å². The first-order valence-corrected chi connectivity index (χ1v) is 12.1. The minimum atomic E-state index is -0.872. The summed E-state index contributed by atoms with van der Waals surface area (Å²) < 4.78 is 5.47. The Labute approximate surface area is 225 Å². The summed E-state index contributed by atoms with van der Waals surface area (Å²) >= 11 is 11.8. The molecule has 8 nitrogen and oxygen atoms in total. The van der Waals surface area contributed by atoms with Crippen molar-refractivity contribution in [3.05, 3.63) is 93.5 Å². The van der Waals surface area contributed by atoms with Crippen LogP contribution in [0.15, 0.2) is 71.8 Å². The normalized spacial score (nSPS) is 10.8. The van der Waals surface area contributed by atoms with Gasteiger partial charge in [-0.25, -0.2) is 5.43 Å². The number of anilines is 1.